The minimum Gasteiger partial charge on any atom is -0.490 e. The molecule has 7 nitrogen and oxygen atoms in total. The fraction of sp³-hybridized carbons (Fsp3) is 0.429. The molecule has 0 radical (unpaired) electrons. The van der Waals surface area contributed by atoms with E-state index in [9.17, 15) is 4.79 Å². The number of hydrogen-bond acceptors (Lipinski definition) is 5. The van der Waals surface area contributed by atoms with Crippen molar-refractivity contribution in [3.8, 4) is 5.75 Å². The first kappa shape index (κ1) is 13.5. The molecule has 1 fully saturated rings. The monoisotopic (exact) mass is 287 g/mol. The zero-order valence-corrected chi connectivity index (χ0v) is 11.8. The molecule has 0 saturated carbocycles. The van der Waals surface area contributed by atoms with Crippen LogP contribution in [0.4, 0.5) is 0 Å². The fourth-order valence-corrected chi connectivity index (χ4v) is 2.42. The SMILES string of the molecule is Cc1n[nH]nc1C(=O)N1CCC(Oc2ccncc2)CC1. The molecule has 2 aromatic heterocycles. The summed E-state index contributed by atoms with van der Waals surface area (Å²) in [6, 6.07) is 3.69. The zero-order chi connectivity index (χ0) is 14.7. The third-order valence-electron chi connectivity index (χ3n) is 3.61. The lowest BCUT2D eigenvalue weighted by molar-refractivity contribution is 0.0589. The first-order valence-electron chi connectivity index (χ1n) is 6.97. The zero-order valence-electron chi connectivity index (χ0n) is 11.8. The summed E-state index contributed by atoms with van der Waals surface area (Å²) in [4.78, 5) is 18.1. The van der Waals surface area contributed by atoms with Gasteiger partial charge in [-0.2, -0.15) is 15.4 Å². The molecule has 1 saturated heterocycles. The highest BCUT2D eigenvalue weighted by molar-refractivity contribution is 5.93. The molecule has 0 spiro atoms. The van der Waals surface area contributed by atoms with Crippen molar-refractivity contribution in [3.05, 3.63) is 35.9 Å². The predicted molar refractivity (Wildman–Crippen MR) is 74.9 cm³/mol. The molecular formula is C14H17N5O2. The lowest BCUT2D eigenvalue weighted by Gasteiger charge is -2.31. The van der Waals surface area contributed by atoms with E-state index >= 15 is 0 Å². The predicted octanol–water partition coefficient (Wildman–Crippen LogP) is 1.19. The number of carbonyl (C=O) groups excluding carboxylic acids is 1. The largest absolute Gasteiger partial charge is 0.490 e. The van der Waals surface area contributed by atoms with Crippen LogP contribution in [0.15, 0.2) is 24.5 Å². The molecule has 0 bridgehead atoms. The second kappa shape index (κ2) is 5.90. The van der Waals surface area contributed by atoms with Crippen LogP contribution in [0.5, 0.6) is 5.75 Å². The van der Waals surface area contributed by atoms with E-state index in [-0.39, 0.29) is 12.0 Å². The Labute approximate surface area is 122 Å². The van der Waals surface area contributed by atoms with E-state index < -0.39 is 0 Å². The number of H-pyrrole nitrogens is 1. The van der Waals surface area contributed by atoms with Gasteiger partial charge in [0.25, 0.3) is 5.91 Å². The van der Waals surface area contributed by atoms with Crippen LogP contribution in [-0.2, 0) is 0 Å². The van der Waals surface area contributed by atoms with Gasteiger partial charge in [0, 0.05) is 38.3 Å². The number of aromatic amines is 1. The van der Waals surface area contributed by atoms with Crippen LogP contribution in [0.2, 0.25) is 0 Å². The number of aromatic nitrogens is 4. The number of carbonyl (C=O) groups is 1. The molecule has 1 N–H and O–H groups in total. The van der Waals surface area contributed by atoms with E-state index in [1.165, 1.54) is 0 Å². The van der Waals surface area contributed by atoms with Crippen LogP contribution in [0, 0.1) is 6.92 Å². The van der Waals surface area contributed by atoms with Gasteiger partial charge in [-0.15, -0.1) is 0 Å². The molecule has 0 aromatic carbocycles. The average molecular weight is 287 g/mol. The van der Waals surface area contributed by atoms with Crippen molar-refractivity contribution in [1.29, 1.82) is 0 Å². The highest BCUT2D eigenvalue weighted by Gasteiger charge is 2.27. The minimum atomic E-state index is -0.0661. The van der Waals surface area contributed by atoms with E-state index in [1.807, 2.05) is 12.1 Å². The highest BCUT2D eigenvalue weighted by Crippen LogP contribution is 2.19. The van der Waals surface area contributed by atoms with Gasteiger partial charge in [-0.05, 0) is 19.1 Å². The lowest BCUT2D eigenvalue weighted by atomic mass is 10.1. The van der Waals surface area contributed by atoms with Gasteiger partial charge in [0.1, 0.15) is 11.9 Å². The average Bonchev–Trinajstić information content (AvgIpc) is 2.94. The van der Waals surface area contributed by atoms with Crippen molar-refractivity contribution >= 4 is 5.91 Å². The van der Waals surface area contributed by atoms with Crippen LogP contribution in [0.25, 0.3) is 0 Å². The summed E-state index contributed by atoms with van der Waals surface area (Å²) in [5.74, 6) is 0.755. The minimum absolute atomic E-state index is 0.0661. The Morgan fingerprint density at radius 3 is 2.62 bits per heavy atom. The van der Waals surface area contributed by atoms with Gasteiger partial charge in [-0.1, -0.05) is 0 Å². The highest BCUT2D eigenvalue weighted by atomic mass is 16.5. The van der Waals surface area contributed by atoms with E-state index in [2.05, 4.69) is 20.4 Å². The number of rotatable bonds is 3. The van der Waals surface area contributed by atoms with E-state index in [0.29, 0.717) is 24.5 Å². The fourth-order valence-electron chi connectivity index (χ4n) is 2.42. The maximum absolute atomic E-state index is 12.3. The van der Waals surface area contributed by atoms with Crippen LogP contribution < -0.4 is 4.74 Å². The van der Waals surface area contributed by atoms with Crippen molar-refractivity contribution in [2.24, 2.45) is 0 Å². The number of nitrogens with one attached hydrogen (secondary N) is 1. The normalized spacial score (nSPS) is 16.0. The first-order valence-corrected chi connectivity index (χ1v) is 6.97. The molecule has 1 aliphatic heterocycles. The second-order valence-electron chi connectivity index (χ2n) is 5.05. The first-order chi connectivity index (χ1) is 10.2. The summed E-state index contributed by atoms with van der Waals surface area (Å²) in [5, 5.41) is 10.3. The standard InChI is InChI=1S/C14H17N5O2/c1-10-13(17-18-16-10)14(20)19-8-4-12(5-9-19)21-11-2-6-15-7-3-11/h2-3,6-7,12H,4-5,8-9H2,1H3,(H,16,17,18). The van der Waals surface area contributed by atoms with Gasteiger partial charge in [-0.25, -0.2) is 0 Å². The molecule has 7 heteroatoms. The third-order valence-corrected chi connectivity index (χ3v) is 3.61. The van der Waals surface area contributed by atoms with Gasteiger partial charge in [-0.3, -0.25) is 9.78 Å². The van der Waals surface area contributed by atoms with Crippen LogP contribution >= 0.6 is 0 Å². The van der Waals surface area contributed by atoms with Crippen molar-refractivity contribution < 1.29 is 9.53 Å². The van der Waals surface area contributed by atoms with Gasteiger partial charge in [0.2, 0.25) is 0 Å². The van der Waals surface area contributed by atoms with E-state index in [0.717, 1.165) is 18.6 Å². The van der Waals surface area contributed by atoms with E-state index in [4.69, 9.17) is 4.74 Å². The molecule has 0 atom stereocenters. The maximum Gasteiger partial charge on any atom is 0.276 e. The van der Waals surface area contributed by atoms with Crippen molar-refractivity contribution in [1.82, 2.24) is 25.3 Å². The number of ether oxygens (including phenoxy) is 1. The molecular weight excluding hydrogens is 270 g/mol. The summed E-state index contributed by atoms with van der Waals surface area (Å²) >= 11 is 0. The summed E-state index contributed by atoms with van der Waals surface area (Å²) in [6.07, 6.45) is 5.17. The van der Waals surface area contributed by atoms with Gasteiger partial charge in [0.05, 0.1) is 5.69 Å². The molecule has 0 aliphatic carbocycles. The summed E-state index contributed by atoms with van der Waals surface area (Å²) in [5.41, 5.74) is 1.04. The number of nitrogens with zero attached hydrogens (tertiary/aromatic N) is 4. The van der Waals surface area contributed by atoms with Crippen LogP contribution in [-0.4, -0.2) is 50.4 Å². The lowest BCUT2D eigenvalue weighted by Crippen LogP contribution is -2.42. The van der Waals surface area contributed by atoms with Crippen LogP contribution in [0.3, 0.4) is 0 Å². The number of likely N-dealkylation sites (tertiary alicyclic amines) is 1. The Morgan fingerprint density at radius 1 is 1.29 bits per heavy atom. The summed E-state index contributed by atoms with van der Waals surface area (Å²) < 4.78 is 5.89. The molecule has 1 aliphatic rings. The van der Waals surface area contributed by atoms with E-state index in [1.54, 1.807) is 24.2 Å². The molecule has 3 rings (SSSR count). The number of piperidine rings is 1. The van der Waals surface area contributed by atoms with Crippen molar-refractivity contribution in [2.45, 2.75) is 25.9 Å². The second-order valence-corrected chi connectivity index (χ2v) is 5.05. The smallest absolute Gasteiger partial charge is 0.276 e. The molecule has 110 valence electrons. The molecule has 0 unspecified atom stereocenters. The number of pyridine rings is 1. The molecule has 3 heterocycles. The van der Waals surface area contributed by atoms with Gasteiger partial charge >= 0.3 is 0 Å². The van der Waals surface area contributed by atoms with Gasteiger partial charge in [0.15, 0.2) is 5.69 Å². The maximum atomic E-state index is 12.3. The Balaban J connectivity index is 1.56. The topological polar surface area (TPSA) is 84.0 Å². The van der Waals surface area contributed by atoms with Crippen LogP contribution in [0.1, 0.15) is 29.0 Å². The molecule has 21 heavy (non-hydrogen) atoms. The Morgan fingerprint density at radius 2 is 2.00 bits per heavy atom. The summed E-state index contributed by atoms with van der Waals surface area (Å²) in [6.45, 7) is 3.11. The summed E-state index contributed by atoms with van der Waals surface area (Å²) in [7, 11) is 0. The van der Waals surface area contributed by atoms with Crippen molar-refractivity contribution in [3.63, 3.8) is 0 Å². The van der Waals surface area contributed by atoms with Crippen molar-refractivity contribution in [2.75, 3.05) is 13.1 Å². The quantitative estimate of drug-likeness (QED) is 0.916. The Bertz CT molecular complexity index is 605. The number of aryl methyl sites for hydroxylation is 1. The Hall–Kier alpha value is -2.44. The molecule has 2 aromatic rings. The molecule has 1 amide bonds. The number of amides is 1. The third kappa shape index (κ3) is 3.01. The van der Waals surface area contributed by atoms with Gasteiger partial charge < -0.3 is 9.64 Å². The number of hydrogen-bond donors (Lipinski definition) is 1. The Kier molecular flexibility index (Phi) is 3.81.